The van der Waals surface area contributed by atoms with Gasteiger partial charge in [-0.25, -0.2) is 0 Å². The van der Waals surface area contributed by atoms with E-state index in [1.54, 1.807) is 0 Å². The van der Waals surface area contributed by atoms with E-state index in [9.17, 15) is 29.4 Å². The van der Waals surface area contributed by atoms with E-state index in [1.807, 2.05) is 0 Å². The Morgan fingerprint density at radius 2 is 0.829 bits per heavy atom. The van der Waals surface area contributed by atoms with Gasteiger partial charge in [0.25, 0.3) is 0 Å². The number of ether oxygens (including phenoxy) is 4. The summed E-state index contributed by atoms with van der Waals surface area (Å²) in [6.45, 7) is 17.7. The third kappa shape index (κ3) is 12.4. The van der Waals surface area contributed by atoms with Crippen LogP contribution in [0, 0.1) is 33.5 Å². The zero-order chi connectivity index (χ0) is 50.4. The van der Waals surface area contributed by atoms with Crippen LogP contribution < -0.4 is 9.47 Å². The molecule has 0 bridgehead atoms. The molecule has 4 aliphatic rings. The summed E-state index contributed by atoms with van der Waals surface area (Å²) in [5.41, 5.74) is 0.259. The minimum absolute atomic E-state index is 0.129. The molecule has 0 unspecified atom stereocenters. The highest BCUT2D eigenvalue weighted by atomic mass is 16.5. The van der Waals surface area contributed by atoms with E-state index in [0.717, 1.165) is 71.9 Å². The summed E-state index contributed by atoms with van der Waals surface area (Å²) in [7, 11) is 2.64. The van der Waals surface area contributed by atoms with E-state index in [4.69, 9.17) is 18.9 Å². The lowest BCUT2D eigenvalue weighted by Gasteiger charge is -2.37. The van der Waals surface area contributed by atoms with Gasteiger partial charge in [0, 0.05) is 39.3 Å². The van der Waals surface area contributed by atoms with Crippen molar-refractivity contribution in [2.75, 3.05) is 40.4 Å². The first-order valence-corrected chi connectivity index (χ1v) is 25.7. The number of likely N-dealkylation sites (tertiary alicyclic amines) is 2. The molecule has 0 atom stereocenters. The molecule has 12 heteroatoms. The van der Waals surface area contributed by atoms with Crippen LogP contribution in [0.15, 0.2) is 72.8 Å². The van der Waals surface area contributed by atoms with Gasteiger partial charge in [-0.3, -0.25) is 29.0 Å². The number of hydrogen-bond donors (Lipinski definition) is 2. The monoisotopic (exact) mass is 963 g/mol. The summed E-state index contributed by atoms with van der Waals surface area (Å²) in [5.74, 6) is -0.0330. The summed E-state index contributed by atoms with van der Waals surface area (Å²) >= 11 is 0. The lowest BCUT2D eigenvalue weighted by molar-refractivity contribution is -0.173. The van der Waals surface area contributed by atoms with Gasteiger partial charge in [0.1, 0.15) is 11.5 Å². The minimum Gasteiger partial charge on any atom is -0.490 e. The van der Waals surface area contributed by atoms with Crippen LogP contribution in [0.1, 0.15) is 130 Å². The number of carboxylic acid groups (broad SMARTS) is 2. The average Bonchev–Trinajstić information content (AvgIpc) is 3.34. The second-order valence-electron chi connectivity index (χ2n) is 22.9. The average molecular weight is 963 g/mol. The van der Waals surface area contributed by atoms with Crippen LogP contribution in [-0.2, 0) is 41.7 Å². The predicted molar refractivity (Wildman–Crippen MR) is 273 cm³/mol. The van der Waals surface area contributed by atoms with Gasteiger partial charge in [0.15, 0.2) is 10.8 Å². The zero-order valence-electron chi connectivity index (χ0n) is 43.0. The van der Waals surface area contributed by atoms with Gasteiger partial charge < -0.3 is 29.2 Å². The van der Waals surface area contributed by atoms with Crippen LogP contribution in [0.25, 0.3) is 21.5 Å². The van der Waals surface area contributed by atoms with Crippen LogP contribution in [0.3, 0.4) is 0 Å². The number of carboxylic acids is 2. The SMILES string of the molecule is CC(C)(C)C1CCC(Oc2ccc3cc(CN4CCC(C(=O)O)(C(=O)O)CC4)ccc3c2)CC1.COC(=O)C1(C(=O)OC)CCN(Cc2ccc3cc(OC4CCC(C(C)(C)C)CC4)ccc3c2)CC1. The number of carbonyl (C=O) groups is 4. The van der Waals surface area contributed by atoms with Crippen LogP contribution >= 0.6 is 0 Å². The number of rotatable bonds is 12. The summed E-state index contributed by atoms with van der Waals surface area (Å²) in [6, 6.07) is 25.5. The molecule has 2 N–H and O–H groups in total. The number of fused-ring (bicyclic) bond motifs is 2. The smallest absolute Gasteiger partial charge is 0.323 e. The molecule has 0 aromatic heterocycles. The number of hydrogen-bond acceptors (Lipinski definition) is 10. The molecule has 0 spiro atoms. The van der Waals surface area contributed by atoms with Crippen molar-refractivity contribution in [2.45, 2.75) is 144 Å². The molecule has 0 radical (unpaired) electrons. The normalized spacial score (nSPS) is 23.1. The third-order valence-electron chi connectivity index (χ3n) is 16.4. The minimum atomic E-state index is -1.65. The van der Waals surface area contributed by atoms with E-state index < -0.39 is 34.7 Å². The second kappa shape index (κ2) is 22.1. The van der Waals surface area contributed by atoms with Crippen molar-refractivity contribution < 1.29 is 48.3 Å². The van der Waals surface area contributed by atoms with Crippen molar-refractivity contribution in [2.24, 2.45) is 33.5 Å². The van der Waals surface area contributed by atoms with Crippen molar-refractivity contribution in [3.8, 4) is 11.5 Å². The van der Waals surface area contributed by atoms with Gasteiger partial charge >= 0.3 is 23.9 Å². The van der Waals surface area contributed by atoms with E-state index in [-0.39, 0.29) is 18.9 Å². The quantitative estimate of drug-likeness (QED) is 0.103. The van der Waals surface area contributed by atoms with Gasteiger partial charge in [-0.2, -0.15) is 0 Å². The Kier molecular flexibility index (Phi) is 16.6. The molecule has 2 aliphatic heterocycles. The highest BCUT2D eigenvalue weighted by Gasteiger charge is 2.50. The van der Waals surface area contributed by atoms with Crippen molar-refractivity contribution in [1.29, 1.82) is 0 Å². The first kappa shape index (κ1) is 52.6. The Bertz CT molecular complexity index is 2420. The number of piperidine rings is 2. The molecule has 4 fully saturated rings. The molecule has 70 heavy (non-hydrogen) atoms. The maximum atomic E-state index is 12.4. The topological polar surface area (TPSA) is 152 Å². The van der Waals surface area contributed by atoms with Crippen LogP contribution in [0.2, 0.25) is 0 Å². The number of carbonyl (C=O) groups excluding carboxylic acids is 2. The summed E-state index contributed by atoms with van der Waals surface area (Å²) in [4.78, 5) is 52.2. The zero-order valence-corrected chi connectivity index (χ0v) is 43.0. The number of esters is 2. The number of nitrogens with zero attached hydrogens (tertiary/aromatic N) is 2. The van der Waals surface area contributed by atoms with Crippen LogP contribution in [-0.4, -0.2) is 96.5 Å². The molecule has 2 saturated carbocycles. The Balaban J connectivity index is 0.000000207. The molecule has 380 valence electrons. The third-order valence-corrected chi connectivity index (χ3v) is 16.4. The fourth-order valence-electron chi connectivity index (χ4n) is 11.5. The van der Waals surface area contributed by atoms with E-state index in [2.05, 4.69) is 124 Å². The van der Waals surface area contributed by atoms with E-state index >= 15 is 0 Å². The number of methoxy groups -OCH3 is 2. The van der Waals surface area contributed by atoms with Gasteiger partial charge in [0.05, 0.1) is 26.4 Å². The molecular weight excluding hydrogens is 885 g/mol. The molecular formula is C58H78N2O10. The van der Waals surface area contributed by atoms with Crippen LogP contribution in [0.4, 0.5) is 0 Å². The first-order chi connectivity index (χ1) is 33.2. The Labute approximate surface area is 415 Å². The Morgan fingerprint density at radius 3 is 1.16 bits per heavy atom. The van der Waals surface area contributed by atoms with Gasteiger partial charge in [-0.15, -0.1) is 0 Å². The lowest BCUT2D eigenvalue weighted by atomic mass is 9.72. The second-order valence-corrected chi connectivity index (χ2v) is 22.9. The fraction of sp³-hybridized carbons (Fsp3) is 0.586. The van der Waals surface area contributed by atoms with Crippen molar-refractivity contribution in [3.63, 3.8) is 0 Å². The molecule has 2 aliphatic carbocycles. The summed E-state index contributed by atoms with van der Waals surface area (Å²) < 4.78 is 22.5. The Morgan fingerprint density at radius 1 is 0.500 bits per heavy atom. The first-order valence-electron chi connectivity index (χ1n) is 25.7. The van der Waals surface area contributed by atoms with Crippen molar-refractivity contribution in [1.82, 2.24) is 9.80 Å². The Hall–Kier alpha value is -5.20. The predicted octanol–water partition coefficient (Wildman–Crippen LogP) is 11.3. The van der Waals surface area contributed by atoms with Crippen molar-refractivity contribution in [3.05, 3.63) is 83.9 Å². The van der Waals surface area contributed by atoms with Crippen LogP contribution in [0.5, 0.6) is 11.5 Å². The largest absolute Gasteiger partial charge is 0.490 e. The summed E-state index contributed by atoms with van der Waals surface area (Å²) in [5, 5.41) is 23.5. The maximum absolute atomic E-state index is 12.4. The summed E-state index contributed by atoms with van der Waals surface area (Å²) in [6.07, 6.45) is 11.1. The maximum Gasteiger partial charge on any atom is 0.323 e. The molecule has 2 heterocycles. The molecule has 8 rings (SSSR count). The van der Waals surface area contributed by atoms with Gasteiger partial charge in [0.2, 0.25) is 0 Å². The fourth-order valence-corrected chi connectivity index (χ4v) is 11.5. The highest BCUT2D eigenvalue weighted by Crippen LogP contribution is 2.41. The molecule has 0 amide bonds. The van der Waals surface area contributed by atoms with Gasteiger partial charge in [-0.1, -0.05) is 77.9 Å². The number of aliphatic carboxylic acids is 2. The van der Waals surface area contributed by atoms with E-state index in [1.165, 1.54) is 56.2 Å². The highest BCUT2D eigenvalue weighted by molar-refractivity contribution is 6.00. The lowest BCUT2D eigenvalue weighted by Crippen LogP contribution is -2.49. The molecule has 2 saturated heterocycles. The van der Waals surface area contributed by atoms with Crippen molar-refractivity contribution >= 4 is 45.4 Å². The van der Waals surface area contributed by atoms with Gasteiger partial charge in [-0.05, 0) is 169 Å². The number of benzene rings is 4. The molecule has 4 aromatic rings. The molecule has 12 nitrogen and oxygen atoms in total. The van der Waals surface area contributed by atoms with E-state index in [0.29, 0.717) is 62.5 Å². The molecule has 4 aromatic carbocycles. The standard InChI is InChI=1S/C30H41NO5.C28H37NO5/c1-29(2,3)24-9-12-25(13-10-24)36-26-11-8-22-18-21(6-7-23(22)19-26)20-31-16-14-30(15-17-31,27(32)34-4)28(33)35-5;1-27(2,3)22-7-10-23(11-8-22)34-24-9-6-20-16-19(4-5-21(20)17-24)18-29-14-12-28(13-15-29,25(30)31)26(32)33/h6-8,11,18-19,24-25H,9-10,12-17,20H2,1-5H3;4-6,9,16-17,22-23H,7-8,10-15,18H2,1-3H3,(H,30,31)(H,32,33).